The van der Waals surface area contributed by atoms with Gasteiger partial charge in [0.2, 0.25) is 0 Å². The van der Waals surface area contributed by atoms with Crippen LogP contribution in [0, 0.1) is 2.88 Å². The minimum absolute atomic E-state index is 0.0775. The van der Waals surface area contributed by atoms with Gasteiger partial charge in [0.25, 0.3) is 5.91 Å². The number of carbonyl (C=O) groups excluding carboxylic acids is 1. The lowest BCUT2D eigenvalue weighted by molar-refractivity contribution is -0.0499. The number of nitrogens with one attached hydrogen (secondary N) is 1. The Labute approximate surface area is 138 Å². The van der Waals surface area contributed by atoms with E-state index in [0.717, 1.165) is 2.88 Å². The van der Waals surface area contributed by atoms with Gasteiger partial charge in [-0.2, -0.15) is 8.78 Å². The highest BCUT2D eigenvalue weighted by atomic mass is 127. The van der Waals surface area contributed by atoms with Crippen LogP contribution >= 0.6 is 33.9 Å². The van der Waals surface area contributed by atoms with Crippen LogP contribution in [0.4, 0.5) is 8.78 Å². The molecule has 1 amide bonds. The second-order valence-corrected chi connectivity index (χ2v) is 7.09. The number of carbonyl (C=O) groups is 1. The van der Waals surface area contributed by atoms with Crippen molar-refractivity contribution >= 4 is 39.8 Å². The molecule has 3 nitrogen and oxygen atoms in total. The van der Waals surface area contributed by atoms with E-state index < -0.39 is 6.61 Å². The van der Waals surface area contributed by atoms with E-state index >= 15 is 0 Å². The Morgan fingerprint density at radius 3 is 2.76 bits per heavy atom. The van der Waals surface area contributed by atoms with E-state index in [1.165, 1.54) is 23.5 Å². The van der Waals surface area contributed by atoms with Crippen LogP contribution in [0.2, 0.25) is 0 Å². The van der Waals surface area contributed by atoms with Crippen molar-refractivity contribution in [2.75, 3.05) is 0 Å². The molecule has 2 aromatic rings. The molecule has 1 heterocycles. The Kier molecular flexibility index (Phi) is 5.51. The van der Waals surface area contributed by atoms with Crippen LogP contribution in [0.5, 0.6) is 5.75 Å². The molecule has 0 bridgehead atoms. The number of alkyl halides is 2. The lowest BCUT2D eigenvalue weighted by Gasteiger charge is -2.15. The van der Waals surface area contributed by atoms with E-state index in [4.69, 9.17) is 0 Å². The molecule has 1 aromatic heterocycles. The predicted molar refractivity (Wildman–Crippen MR) is 86.0 cm³/mol. The summed E-state index contributed by atoms with van der Waals surface area (Å²) in [5, 5.41) is 4.61. The number of thiophene rings is 1. The summed E-state index contributed by atoms with van der Waals surface area (Å²) in [6.45, 7) is -1.07. The number of hydrogen-bond acceptors (Lipinski definition) is 3. The number of ether oxygens (including phenoxy) is 1. The van der Waals surface area contributed by atoms with Crippen molar-refractivity contribution in [3.8, 4) is 5.75 Å². The summed E-state index contributed by atoms with van der Waals surface area (Å²) in [6, 6.07) is 7.80. The standard InChI is InChI=1S/C14H12F2INO2S/c1-8(18-13(19)10-6-12(17)21-7-10)9-3-2-4-11(5-9)20-14(15)16/h2-8,14H,1H3,(H,18,19). The molecule has 0 spiro atoms. The highest BCUT2D eigenvalue weighted by Gasteiger charge is 2.14. The number of halogens is 3. The highest BCUT2D eigenvalue weighted by Crippen LogP contribution is 2.22. The molecule has 0 saturated heterocycles. The Balaban J connectivity index is 2.06. The van der Waals surface area contributed by atoms with Crippen molar-refractivity contribution in [3.05, 3.63) is 49.7 Å². The van der Waals surface area contributed by atoms with Crippen molar-refractivity contribution in [1.82, 2.24) is 5.32 Å². The summed E-state index contributed by atoms with van der Waals surface area (Å²) in [4.78, 5) is 12.0. The first kappa shape index (κ1) is 16.2. The van der Waals surface area contributed by atoms with Gasteiger partial charge in [-0.05, 0) is 53.3 Å². The molecule has 0 aliphatic rings. The van der Waals surface area contributed by atoms with Gasteiger partial charge in [0.15, 0.2) is 0 Å². The van der Waals surface area contributed by atoms with Gasteiger partial charge < -0.3 is 10.1 Å². The van der Waals surface area contributed by atoms with Crippen molar-refractivity contribution in [3.63, 3.8) is 0 Å². The van der Waals surface area contributed by atoms with E-state index in [2.05, 4.69) is 32.6 Å². The van der Waals surface area contributed by atoms with Crippen LogP contribution in [-0.2, 0) is 0 Å². The molecular weight excluding hydrogens is 411 g/mol. The van der Waals surface area contributed by atoms with Gasteiger partial charge in [-0.3, -0.25) is 4.79 Å². The molecule has 112 valence electrons. The smallest absolute Gasteiger partial charge is 0.387 e. The maximum absolute atomic E-state index is 12.2. The molecule has 0 aliphatic heterocycles. The molecule has 0 radical (unpaired) electrons. The van der Waals surface area contributed by atoms with Crippen LogP contribution in [0.1, 0.15) is 28.9 Å². The second-order valence-electron chi connectivity index (χ2n) is 4.29. The third kappa shape index (κ3) is 4.63. The second kappa shape index (κ2) is 7.17. The van der Waals surface area contributed by atoms with E-state index in [1.807, 2.05) is 0 Å². The molecular formula is C14H12F2INO2S. The quantitative estimate of drug-likeness (QED) is 0.723. The summed E-state index contributed by atoms with van der Waals surface area (Å²) < 4.78 is 29.8. The highest BCUT2D eigenvalue weighted by molar-refractivity contribution is 14.1. The molecule has 0 aliphatic carbocycles. The van der Waals surface area contributed by atoms with Gasteiger partial charge >= 0.3 is 6.61 Å². The largest absolute Gasteiger partial charge is 0.435 e. The number of rotatable bonds is 5. The summed E-state index contributed by atoms with van der Waals surface area (Å²) in [7, 11) is 0. The number of benzene rings is 1. The Hall–Kier alpha value is -1.22. The van der Waals surface area contributed by atoms with Gasteiger partial charge in [0.05, 0.1) is 14.5 Å². The fourth-order valence-electron chi connectivity index (χ4n) is 1.75. The summed E-state index contributed by atoms with van der Waals surface area (Å²) in [5.74, 6) is -0.115. The third-order valence-electron chi connectivity index (χ3n) is 2.76. The van der Waals surface area contributed by atoms with Gasteiger partial charge in [0.1, 0.15) is 5.75 Å². The molecule has 1 aromatic carbocycles. The van der Waals surface area contributed by atoms with Gasteiger partial charge in [-0.1, -0.05) is 12.1 Å². The van der Waals surface area contributed by atoms with Crippen molar-refractivity contribution < 1.29 is 18.3 Å². The minimum atomic E-state index is -2.86. The summed E-state index contributed by atoms with van der Waals surface area (Å²) in [5.41, 5.74) is 1.29. The molecule has 2 rings (SSSR count). The van der Waals surface area contributed by atoms with Crippen LogP contribution in [0.15, 0.2) is 35.7 Å². The first-order valence-electron chi connectivity index (χ1n) is 6.05. The third-order valence-corrected chi connectivity index (χ3v) is 4.55. The molecule has 21 heavy (non-hydrogen) atoms. The van der Waals surface area contributed by atoms with Gasteiger partial charge in [-0.25, -0.2) is 0 Å². The van der Waals surface area contributed by atoms with Gasteiger partial charge in [-0.15, -0.1) is 11.3 Å². The molecule has 1 atom stereocenters. The van der Waals surface area contributed by atoms with Crippen LogP contribution in [-0.4, -0.2) is 12.5 Å². The monoisotopic (exact) mass is 423 g/mol. The lowest BCUT2D eigenvalue weighted by atomic mass is 10.1. The first-order valence-corrected chi connectivity index (χ1v) is 8.01. The summed E-state index contributed by atoms with van der Waals surface area (Å²) >= 11 is 3.63. The molecule has 7 heteroatoms. The SMILES string of the molecule is CC(NC(=O)c1csc(I)c1)c1cccc(OC(F)F)c1. The molecule has 0 saturated carbocycles. The predicted octanol–water partition coefficient (Wildman–Crippen LogP) is 4.45. The Bertz CT molecular complexity index is 633. The first-order chi connectivity index (χ1) is 9.95. The van der Waals surface area contributed by atoms with E-state index in [1.54, 1.807) is 30.5 Å². The topological polar surface area (TPSA) is 38.3 Å². The zero-order valence-corrected chi connectivity index (χ0v) is 14.0. The normalized spacial score (nSPS) is 12.2. The van der Waals surface area contributed by atoms with Crippen molar-refractivity contribution in [2.24, 2.45) is 0 Å². The Morgan fingerprint density at radius 2 is 2.14 bits per heavy atom. The number of hydrogen-bond donors (Lipinski definition) is 1. The number of amides is 1. The average Bonchev–Trinajstić information content (AvgIpc) is 2.85. The minimum Gasteiger partial charge on any atom is -0.435 e. The average molecular weight is 423 g/mol. The van der Waals surface area contributed by atoms with Crippen LogP contribution in [0.3, 0.4) is 0 Å². The maximum atomic E-state index is 12.2. The molecule has 1 unspecified atom stereocenters. The Morgan fingerprint density at radius 1 is 1.38 bits per heavy atom. The molecule has 1 N–H and O–H groups in total. The van der Waals surface area contributed by atoms with E-state index in [0.29, 0.717) is 11.1 Å². The van der Waals surface area contributed by atoms with Crippen molar-refractivity contribution in [2.45, 2.75) is 19.6 Å². The van der Waals surface area contributed by atoms with Gasteiger partial charge in [0, 0.05) is 5.38 Å². The lowest BCUT2D eigenvalue weighted by Crippen LogP contribution is -2.26. The van der Waals surface area contributed by atoms with Crippen LogP contribution in [0.25, 0.3) is 0 Å². The summed E-state index contributed by atoms with van der Waals surface area (Å²) in [6.07, 6.45) is 0. The van der Waals surface area contributed by atoms with Crippen LogP contribution < -0.4 is 10.1 Å². The van der Waals surface area contributed by atoms with Crippen molar-refractivity contribution in [1.29, 1.82) is 0 Å². The van der Waals surface area contributed by atoms with E-state index in [-0.39, 0.29) is 17.7 Å². The zero-order chi connectivity index (χ0) is 15.4. The maximum Gasteiger partial charge on any atom is 0.387 e. The fraction of sp³-hybridized carbons (Fsp3) is 0.214. The fourth-order valence-corrected chi connectivity index (χ4v) is 3.08. The van der Waals surface area contributed by atoms with E-state index in [9.17, 15) is 13.6 Å². The zero-order valence-electron chi connectivity index (χ0n) is 11.0. The molecule has 0 fully saturated rings.